The second-order valence-corrected chi connectivity index (χ2v) is 2.40. The largest absolute Gasteiger partial charge is 0.499 e. The molecule has 1 N–H and O–H groups in total. The Hall–Kier alpha value is -1.32. The van der Waals surface area contributed by atoms with Crippen LogP contribution in [0.4, 0.5) is 5.82 Å². The summed E-state index contributed by atoms with van der Waals surface area (Å²) in [5, 5.41) is 2.91. The van der Waals surface area contributed by atoms with Gasteiger partial charge in [0.1, 0.15) is 0 Å². The molecule has 1 heterocycles. The number of anilines is 1. The van der Waals surface area contributed by atoms with E-state index in [-0.39, 0.29) is 5.69 Å². The highest BCUT2D eigenvalue weighted by Crippen LogP contribution is 1.95. The molecule has 1 rings (SSSR count). The number of aromatic nitrogens is 2. The predicted molar refractivity (Wildman–Crippen MR) is 42.4 cm³/mol. The topological polar surface area (TPSA) is 37.9 Å². The summed E-state index contributed by atoms with van der Waals surface area (Å²) in [7, 11) is 5.24. The molecule has 0 aliphatic carbocycles. The molecule has 0 bridgehead atoms. The molecule has 11 heavy (non-hydrogen) atoms. The van der Waals surface area contributed by atoms with Crippen LogP contribution in [0.25, 0.3) is 0 Å². The van der Waals surface area contributed by atoms with E-state index in [0.29, 0.717) is 0 Å². The number of nitrogens with one attached hydrogen (secondary N) is 1. The Bertz CT molecular complexity index is 316. The van der Waals surface area contributed by atoms with Crippen molar-refractivity contribution < 1.29 is 4.57 Å². The highest BCUT2D eigenvalue weighted by molar-refractivity contribution is 5.30. The van der Waals surface area contributed by atoms with Gasteiger partial charge in [-0.25, -0.2) is 4.57 Å². The standard InChI is InChI=1S/C7H11N3O/c1-8-6-4-5-9(2)7(11)10(6)3/h4-5H,1-3H3/p+1. The third-order valence-electron chi connectivity index (χ3n) is 1.66. The van der Waals surface area contributed by atoms with Gasteiger partial charge in [-0.2, -0.15) is 9.36 Å². The zero-order valence-electron chi connectivity index (χ0n) is 6.96. The van der Waals surface area contributed by atoms with Crippen LogP contribution in [0.2, 0.25) is 0 Å². The van der Waals surface area contributed by atoms with Crippen molar-refractivity contribution in [3.63, 3.8) is 0 Å². The van der Waals surface area contributed by atoms with Crippen LogP contribution in [0.15, 0.2) is 17.1 Å². The predicted octanol–water partition coefficient (Wildman–Crippen LogP) is -0.749. The van der Waals surface area contributed by atoms with Crippen molar-refractivity contribution in [2.75, 3.05) is 12.4 Å². The van der Waals surface area contributed by atoms with E-state index in [0.717, 1.165) is 5.82 Å². The van der Waals surface area contributed by atoms with Crippen LogP contribution >= 0.6 is 0 Å². The molecule has 0 aliphatic rings. The molecular formula is C7H12N3O+. The van der Waals surface area contributed by atoms with Crippen LogP contribution in [0.5, 0.6) is 0 Å². The molecule has 1 aromatic heterocycles. The number of rotatable bonds is 1. The minimum Gasteiger partial charge on any atom is -0.356 e. The zero-order valence-corrected chi connectivity index (χ0v) is 6.96. The lowest BCUT2D eigenvalue weighted by Gasteiger charge is -1.99. The first-order chi connectivity index (χ1) is 5.16. The van der Waals surface area contributed by atoms with Crippen LogP contribution in [-0.2, 0) is 14.1 Å². The fraction of sp³-hybridized carbons (Fsp3) is 0.429. The van der Waals surface area contributed by atoms with Crippen LogP contribution in [-0.4, -0.2) is 11.6 Å². The molecule has 0 saturated heterocycles. The summed E-state index contributed by atoms with van der Waals surface area (Å²) in [5.74, 6) is 0.813. The van der Waals surface area contributed by atoms with Crippen molar-refractivity contribution in [1.82, 2.24) is 4.57 Å². The van der Waals surface area contributed by atoms with Gasteiger partial charge in [0.2, 0.25) is 5.82 Å². The molecule has 0 unspecified atom stereocenters. The maximum absolute atomic E-state index is 11.2. The maximum Gasteiger partial charge on any atom is 0.499 e. The molecule has 4 nitrogen and oxygen atoms in total. The van der Waals surface area contributed by atoms with Gasteiger partial charge >= 0.3 is 5.69 Å². The first-order valence-corrected chi connectivity index (χ1v) is 3.40. The van der Waals surface area contributed by atoms with Gasteiger partial charge in [0, 0.05) is 13.1 Å². The Morgan fingerprint density at radius 2 is 2.27 bits per heavy atom. The van der Waals surface area contributed by atoms with Crippen molar-refractivity contribution in [2.24, 2.45) is 14.1 Å². The molecule has 60 valence electrons. The van der Waals surface area contributed by atoms with E-state index >= 15 is 0 Å². The highest BCUT2D eigenvalue weighted by atomic mass is 16.1. The van der Waals surface area contributed by atoms with Gasteiger partial charge in [-0.05, 0) is 0 Å². The van der Waals surface area contributed by atoms with Gasteiger partial charge in [0.05, 0.1) is 20.3 Å². The average Bonchev–Trinajstić information content (AvgIpc) is 2.01. The molecule has 0 fully saturated rings. The second kappa shape index (κ2) is 2.74. The Morgan fingerprint density at radius 3 is 2.82 bits per heavy atom. The van der Waals surface area contributed by atoms with Crippen LogP contribution in [0, 0.1) is 0 Å². The Morgan fingerprint density at radius 1 is 1.64 bits per heavy atom. The lowest BCUT2D eigenvalue weighted by molar-refractivity contribution is -0.690. The molecule has 0 atom stereocenters. The van der Waals surface area contributed by atoms with Gasteiger partial charge in [0.15, 0.2) is 0 Å². The van der Waals surface area contributed by atoms with Gasteiger partial charge in [-0.3, -0.25) is 0 Å². The van der Waals surface area contributed by atoms with Crippen molar-refractivity contribution in [3.05, 3.63) is 22.7 Å². The third kappa shape index (κ3) is 1.24. The van der Waals surface area contributed by atoms with Gasteiger partial charge in [-0.1, -0.05) is 0 Å². The van der Waals surface area contributed by atoms with Crippen LogP contribution in [0.1, 0.15) is 0 Å². The SMILES string of the molecule is CNc1cc[n+](C)c(=O)n1C. The minimum atomic E-state index is -0.0307. The highest BCUT2D eigenvalue weighted by Gasteiger charge is 2.06. The molecular weight excluding hydrogens is 142 g/mol. The molecule has 1 aromatic rings. The summed E-state index contributed by atoms with van der Waals surface area (Å²) in [6, 6.07) is 1.85. The molecule has 4 heteroatoms. The van der Waals surface area contributed by atoms with Crippen molar-refractivity contribution >= 4 is 5.82 Å². The number of hydrogen-bond acceptors (Lipinski definition) is 2. The molecule has 0 radical (unpaired) electrons. The number of hydrogen-bond donors (Lipinski definition) is 1. The van der Waals surface area contributed by atoms with Gasteiger partial charge in [0.25, 0.3) is 0 Å². The third-order valence-corrected chi connectivity index (χ3v) is 1.66. The minimum absolute atomic E-state index is 0.0307. The normalized spacial score (nSPS) is 9.73. The fourth-order valence-corrected chi connectivity index (χ4v) is 0.949. The number of nitrogens with zero attached hydrogens (tertiary/aromatic N) is 2. The van der Waals surface area contributed by atoms with Gasteiger partial charge in [-0.15, -0.1) is 0 Å². The average molecular weight is 154 g/mol. The lowest BCUT2D eigenvalue weighted by atomic mass is 10.5. The van der Waals surface area contributed by atoms with Crippen LogP contribution < -0.4 is 15.6 Å². The van der Waals surface area contributed by atoms with E-state index in [1.54, 1.807) is 31.9 Å². The first kappa shape index (κ1) is 7.78. The van der Waals surface area contributed by atoms with E-state index < -0.39 is 0 Å². The molecule has 0 aromatic carbocycles. The summed E-state index contributed by atoms with van der Waals surface area (Å²) in [4.78, 5) is 11.2. The monoisotopic (exact) mass is 154 g/mol. The van der Waals surface area contributed by atoms with Gasteiger partial charge < -0.3 is 5.32 Å². The summed E-state index contributed by atoms with van der Waals surface area (Å²) in [5.41, 5.74) is -0.0307. The van der Waals surface area contributed by atoms with E-state index in [1.165, 1.54) is 4.57 Å². The quantitative estimate of drug-likeness (QED) is 0.540. The van der Waals surface area contributed by atoms with Crippen molar-refractivity contribution in [1.29, 1.82) is 0 Å². The first-order valence-electron chi connectivity index (χ1n) is 3.40. The maximum atomic E-state index is 11.2. The molecule has 0 saturated carbocycles. The second-order valence-electron chi connectivity index (χ2n) is 2.40. The van der Waals surface area contributed by atoms with E-state index in [2.05, 4.69) is 5.32 Å². The Balaban J connectivity index is 3.37. The van der Waals surface area contributed by atoms with E-state index in [1.807, 2.05) is 6.07 Å². The summed E-state index contributed by atoms with van der Waals surface area (Å²) >= 11 is 0. The Kier molecular flexibility index (Phi) is 1.94. The van der Waals surface area contributed by atoms with Crippen molar-refractivity contribution in [3.8, 4) is 0 Å². The molecule has 0 spiro atoms. The molecule has 0 aliphatic heterocycles. The van der Waals surface area contributed by atoms with Crippen LogP contribution in [0.3, 0.4) is 0 Å². The summed E-state index contributed by atoms with van der Waals surface area (Å²) in [6.07, 6.45) is 1.73. The fourth-order valence-electron chi connectivity index (χ4n) is 0.949. The zero-order chi connectivity index (χ0) is 8.43. The lowest BCUT2D eigenvalue weighted by Crippen LogP contribution is -2.50. The summed E-state index contributed by atoms with van der Waals surface area (Å²) < 4.78 is 3.08. The Labute approximate surface area is 65.1 Å². The smallest absolute Gasteiger partial charge is 0.356 e. The molecule has 0 amide bonds. The number of aryl methyl sites for hydroxylation is 1. The van der Waals surface area contributed by atoms with E-state index in [4.69, 9.17) is 0 Å². The van der Waals surface area contributed by atoms with E-state index in [9.17, 15) is 4.79 Å². The van der Waals surface area contributed by atoms with Crippen molar-refractivity contribution in [2.45, 2.75) is 0 Å². The summed E-state index contributed by atoms with van der Waals surface area (Å²) in [6.45, 7) is 0.